The smallest absolute Gasteiger partial charge is 0.280 e. The number of aryl methyl sites for hydroxylation is 1. The van der Waals surface area contributed by atoms with Gasteiger partial charge in [0.25, 0.3) is 5.69 Å². The summed E-state index contributed by atoms with van der Waals surface area (Å²) in [4.78, 5) is 15.7. The van der Waals surface area contributed by atoms with Crippen LogP contribution in [0.2, 0.25) is 0 Å². The van der Waals surface area contributed by atoms with Crippen LogP contribution in [0.25, 0.3) is 21.8 Å². The molecule has 0 radical (unpaired) electrons. The number of benzene rings is 2. The molecular weight excluding hydrogens is 330 g/mol. The molecule has 6 nitrogen and oxygen atoms in total. The fourth-order valence-electron chi connectivity index (χ4n) is 2.70. The SMILES string of the molecule is Cc1ccc([N+](=O)[O-])c2c(NCC(C)O)c3ccccc3nc12.Cl. The van der Waals surface area contributed by atoms with E-state index in [-0.39, 0.29) is 18.1 Å². The third-order valence-corrected chi connectivity index (χ3v) is 3.78. The fraction of sp³-hybridized carbons (Fsp3) is 0.235. The predicted molar refractivity (Wildman–Crippen MR) is 98.1 cm³/mol. The number of pyridine rings is 1. The van der Waals surface area contributed by atoms with Crippen molar-refractivity contribution in [3.63, 3.8) is 0 Å². The summed E-state index contributed by atoms with van der Waals surface area (Å²) in [6.45, 7) is 3.85. The van der Waals surface area contributed by atoms with E-state index in [4.69, 9.17) is 0 Å². The van der Waals surface area contributed by atoms with E-state index in [1.54, 1.807) is 13.0 Å². The zero-order chi connectivity index (χ0) is 16.6. The number of nitro groups is 1. The number of para-hydroxylation sites is 1. The van der Waals surface area contributed by atoms with E-state index >= 15 is 0 Å². The van der Waals surface area contributed by atoms with Gasteiger partial charge >= 0.3 is 0 Å². The molecule has 126 valence electrons. The number of fused-ring (bicyclic) bond motifs is 2. The van der Waals surface area contributed by atoms with Gasteiger partial charge in [0.15, 0.2) is 0 Å². The molecule has 0 aliphatic carbocycles. The lowest BCUT2D eigenvalue weighted by Gasteiger charge is -2.15. The van der Waals surface area contributed by atoms with Crippen LogP contribution >= 0.6 is 12.4 Å². The normalized spacial score (nSPS) is 12.0. The second-order valence-corrected chi connectivity index (χ2v) is 5.62. The van der Waals surface area contributed by atoms with Crippen LogP contribution in [0.5, 0.6) is 0 Å². The number of aliphatic hydroxyl groups is 1. The molecule has 0 saturated carbocycles. The van der Waals surface area contributed by atoms with E-state index in [9.17, 15) is 15.2 Å². The zero-order valence-corrected chi connectivity index (χ0v) is 14.1. The molecule has 0 aliphatic rings. The molecule has 0 aliphatic heterocycles. The van der Waals surface area contributed by atoms with Crippen LogP contribution in [0, 0.1) is 17.0 Å². The number of aliphatic hydroxyl groups excluding tert-OH is 1. The van der Waals surface area contributed by atoms with Gasteiger partial charge < -0.3 is 10.4 Å². The summed E-state index contributed by atoms with van der Waals surface area (Å²) in [6.07, 6.45) is -0.569. The van der Waals surface area contributed by atoms with Crippen molar-refractivity contribution in [3.05, 3.63) is 52.1 Å². The third-order valence-electron chi connectivity index (χ3n) is 3.78. The highest BCUT2D eigenvalue weighted by Gasteiger charge is 2.20. The Labute approximate surface area is 145 Å². The van der Waals surface area contributed by atoms with Gasteiger partial charge in [-0.25, -0.2) is 4.98 Å². The Bertz CT molecular complexity index is 912. The van der Waals surface area contributed by atoms with Gasteiger partial charge in [-0.2, -0.15) is 0 Å². The molecule has 0 bridgehead atoms. The van der Waals surface area contributed by atoms with E-state index in [0.29, 0.717) is 23.1 Å². The summed E-state index contributed by atoms with van der Waals surface area (Å²) in [5, 5.41) is 25.5. The highest BCUT2D eigenvalue weighted by atomic mass is 35.5. The van der Waals surface area contributed by atoms with Crippen LogP contribution in [-0.4, -0.2) is 27.7 Å². The molecule has 0 spiro atoms. The molecule has 0 fully saturated rings. The predicted octanol–water partition coefficient (Wildman–Crippen LogP) is 3.82. The highest BCUT2D eigenvalue weighted by Crippen LogP contribution is 2.37. The van der Waals surface area contributed by atoms with E-state index in [1.165, 1.54) is 6.07 Å². The molecule has 1 heterocycles. The van der Waals surface area contributed by atoms with Crippen LogP contribution in [-0.2, 0) is 0 Å². The number of hydrogen-bond acceptors (Lipinski definition) is 5. The van der Waals surface area contributed by atoms with E-state index in [2.05, 4.69) is 10.3 Å². The number of non-ortho nitro benzene ring substituents is 1. The minimum Gasteiger partial charge on any atom is -0.392 e. The van der Waals surface area contributed by atoms with Crippen molar-refractivity contribution in [1.82, 2.24) is 4.98 Å². The minimum atomic E-state index is -0.569. The largest absolute Gasteiger partial charge is 0.392 e. The molecule has 1 aromatic heterocycles. The van der Waals surface area contributed by atoms with Crippen LogP contribution in [0.3, 0.4) is 0 Å². The number of anilines is 1. The van der Waals surface area contributed by atoms with Gasteiger partial charge in [-0.1, -0.05) is 24.3 Å². The fourth-order valence-corrected chi connectivity index (χ4v) is 2.70. The van der Waals surface area contributed by atoms with Gasteiger partial charge in [-0.05, 0) is 25.5 Å². The number of halogens is 1. The monoisotopic (exact) mass is 347 g/mol. The standard InChI is InChI=1S/C17H17N3O3.ClH/c1-10-7-8-14(20(22)23)15-16(10)19-13-6-4-3-5-12(13)17(15)18-9-11(2)21;/h3-8,11,21H,9H2,1-2H3,(H,18,19);1H. The molecule has 0 amide bonds. The molecule has 0 saturated heterocycles. The Balaban J connectivity index is 0.00000208. The van der Waals surface area contributed by atoms with Gasteiger partial charge in [0.05, 0.1) is 27.7 Å². The van der Waals surface area contributed by atoms with E-state index in [1.807, 2.05) is 31.2 Å². The summed E-state index contributed by atoms with van der Waals surface area (Å²) in [5.41, 5.74) is 2.89. The molecule has 7 heteroatoms. The Morgan fingerprint density at radius 2 is 2.00 bits per heavy atom. The van der Waals surface area contributed by atoms with Crippen molar-refractivity contribution in [2.24, 2.45) is 0 Å². The van der Waals surface area contributed by atoms with Crippen molar-refractivity contribution in [2.45, 2.75) is 20.0 Å². The van der Waals surface area contributed by atoms with Crippen molar-refractivity contribution in [3.8, 4) is 0 Å². The van der Waals surface area contributed by atoms with E-state index in [0.717, 1.165) is 16.5 Å². The highest BCUT2D eigenvalue weighted by molar-refractivity contribution is 6.11. The quantitative estimate of drug-likeness (QED) is 0.425. The molecule has 1 unspecified atom stereocenters. The number of rotatable bonds is 4. The number of aromatic nitrogens is 1. The van der Waals surface area contributed by atoms with Gasteiger partial charge in [0, 0.05) is 18.0 Å². The summed E-state index contributed by atoms with van der Waals surface area (Å²) in [7, 11) is 0. The summed E-state index contributed by atoms with van der Waals surface area (Å²) in [5.74, 6) is 0. The van der Waals surface area contributed by atoms with E-state index < -0.39 is 11.0 Å². The lowest BCUT2D eigenvalue weighted by Crippen LogP contribution is -2.16. The first-order valence-electron chi connectivity index (χ1n) is 7.37. The van der Waals surface area contributed by atoms with Gasteiger partial charge in [0.2, 0.25) is 0 Å². The second-order valence-electron chi connectivity index (χ2n) is 5.62. The van der Waals surface area contributed by atoms with Crippen LogP contribution < -0.4 is 5.32 Å². The average Bonchev–Trinajstić information content (AvgIpc) is 2.52. The first-order chi connectivity index (χ1) is 11.0. The first-order valence-corrected chi connectivity index (χ1v) is 7.37. The van der Waals surface area contributed by atoms with Gasteiger partial charge in [-0.3, -0.25) is 10.1 Å². The Morgan fingerprint density at radius 3 is 2.67 bits per heavy atom. The second kappa shape index (κ2) is 6.98. The molecule has 24 heavy (non-hydrogen) atoms. The topological polar surface area (TPSA) is 88.3 Å². The summed E-state index contributed by atoms with van der Waals surface area (Å²) in [6, 6.07) is 10.7. The molecular formula is C17H18ClN3O3. The number of nitrogens with zero attached hydrogens (tertiary/aromatic N) is 2. The molecule has 3 rings (SSSR count). The molecule has 2 aromatic carbocycles. The van der Waals surface area contributed by atoms with Crippen molar-refractivity contribution >= 4 is 45.6 Å². The van der Waals surface area contributed by atoms with Crippen molar-refractivity contribution in [2.75, 3.05) is 11.9 Å². The Hall–Kier alpha value is -2.44. The maximum absolute atomic E-state index is 11.5. The summed E-state index contributed by atoms with van der Waals surface area (Å²) >= 11 is 0. The lowest BCUT2D eigenvalue weighted by atomic mass is 10.0. The molecule has 3 aromatic rings. The maximum Gasteiger partial charge on any atom is 0.280 e. The molecule has 1 atom stereocenters. The van der Waals surface area contributed by atoms with Gasteiger partial charge in [0.1, 0.15) is 5.39 Å². The van der Waals surface area contributed by atoms with Crippen LogP contribution in [0.15, 0.2) is 36.4 Å². The Kier molecular flexibility index (Phi) is 5.21. The van der Waals surface area contributed by atoms with Crippen molar-refractivity contribution < 1.29 is 10.0 Å². The molecule has 2 N–H and O–H groups in total. The lowest BCUT2D eigenvalue weighted by molar-refractivity contribution is -0.383. The number of nitro benzene ring substituents is 1. The first kappa shape index (κ1) is 17.9. The summed E-state index contributed by atoms with van der Waals surface area (Å²) < 4.78 is 0. The Morgan fingerprint density at radius 1 is 1.29 bits per heavy atom. The minimum absolute atomic E-state index is 0. The van der Waals surface area contributed by atoms with Gasteiger partial charge in [-0.15, -0.1) is 12.4 Å². The number of hydrogen-bond donors (Lipinski definition) is 2. The van der Waals surface area contributed by atoms with Crippen LogP contribution in [0.1, 0.15) is 12.5 Å². The third kappa shape index (κ3) is 3.11. The average molecular weight is 348 g/mol. The van der Waals surface area contributed by atoms with Crippen LogP contribution in [0.4, 0.5) is 11.4 Å². The van der Waals surface area contributed by atoms with Crippen molar-refractivity contribution in [1.29, 1.82) is 0 Å². The number of nitrogens with one attached hydrogen (secondary N) is 1. The zero-order valence-electron chi connectivity index (χ0n) is 13.3. The maximum atomic E-state index is 11.5.